The third kappa shape index (κ3) is 3.69. The second kappa shape index (κ2) is 7.84. The smallest absolute Gasteiger partial charge is 0.337 e. The van der Waals surface area contributed by atoms with Gasteiger partial charge in [-0.1, -0.05) is 32.0 Å². The number of benzene rings is 2. The van der Waals surface area contributed by atoms with E-state index in [9.17, 15) is 9.18 Å². The van der Waals surface area contributed by atoms with Crippen molar-refractivity contribution >= 4 is 16.9 Å². The Morgan fingerprint density at radius 2 is 1.96 bits per heavy atom. The topological polar surface area (TPSA) is 65.2 Å². The van der Waals surface area contributed by atoms with Crippen LogP contribution in [0.2, 0.25) is 0 Å². The Labute approximate surface area is 158 Å². The van der Waals surface area contributed by atoms with E-state index in [1.165, 1.54) is 13.2 Å². The van der Waals surface area contributed by atoms with E-state index < -0.39 is 5.97 Å². The summed E-state index contributed by atoms with van der Waals surface area (Å²) in [6.45, 7) is 4.45. The van der Waals surface area contributed by atoms with E-state index in [0.29, 0.717) is 33.5 Å². The number of halogens is 1. The lowest BCUT2D eigenvalue weighted by atomic mass is 9.90. The Kier molecular flexibility index (Phi) is 5.51. The van der Waals surface area contributed by atoms with Gasteiger partial charge < -0.3 is 10.5 Å². The molecule has 0 saturated heterocycles. The number of pyridine rings is 1. The lowest BCUT2D eigenvalue weighted by Crippen LogP contribution is -2.11. The van der Waals surface area contributed by atoms with Gasteiger partial charge in [0, 0.05) is 28.8 Å². The van der Waals surface area contributed by atoms with Crippen LogP contribution in [0.15, 0.2) is 42.5 Å². The van der Waals surface area contributed by atoms with E-state index in [1.54, 1.807) is 36.4 Å². The van der Waals surface area contributed by atoms with Gasteiger partial charge in [0.25, 0.3) is 0 Å². The van der Waals surface area contributed by atoms with Crippen LogP contribution in [0.3, 0.4) is 0 Å². The lowest BCUT2D eigenvalue weighted by Gasteiger charge is -2.18. The van der Waals surface area contributed by atoms with Gasteiger partial charge in [-0.3, -0.25) is 4.98 Å². The molecule has 0 amide bonds. The van der Waals surface area contributed by atoms with Crippen molar-refractivity contribution in [3.63, 3.8) is 0 Å². The van der Waals surface area contributed by atoms with Gasteiger partial charge in [-0.15, -0.1) is 0 Å². The zero-order valence-corrected chi connectivity index (χ0v) is 15.8. The minimum Gasteiger partial charge on any atom is -0.465 e. The van der Waals surface area contributed by atoms with Crippen molar-refractivity contribution in [1.82, 2.24) is 4.98 Å². The molecule has 0 aliphatic carbocycles. The van der Waals surface area contributed by atoms with Crippen LogP contribution >= 0.6 is 0 Å². The van der Waals surface area contributed by atoms with Crippen molar-refractivity contribution in [3.8, 4) is 11.1 Å². The molecule has 3 aromatic rings. The number of hydrogen-bond donors (Lipinski definition) is 1. The van der Waals surface area contributed by atoms with E-state index in [4.69, 9.17) is 15.5 Å². The number of hydrogen-bond acceptors (Lipinski definition) is 4. The van der Waals surface area contributed by atoms with E-state index in [0.717, 1.165) is 17.7 Å². The summed E-state index contributed by atoms with van der Waals surface area (Å²) in [4.78, 5) is 16.8. The highest BCUT2D eigenvalue weighted by Crippen LogP contribution is 2.35. The molecule has 0 atom stereocenters. The first-order chi connectivity index (χ1) is 13.0. The Morgan fingerprint density at radius 3 is 2.59 bits per heavy atom. The maximum absolute atomic E-state index is 14.7. The summed E-state index contributed by atoms with van der Waals surface area (Å²) in [5, 5.41) is 0.691. The Morgan fingerprint density at radius 1 is 1.22 bits per heavy atom. The number of ether oxygens (including phenoxy) is 1. The first kappa shape index (κ1) is 19.0. The largest absolute Gasteiger partial charge is 0.465 e. The van der Waals surface area contributed by atoms with Crippen molar-refractivity contribution in [2.24, 2.45) is 11.7 Å². The SMILES string of the molecule is COC(=O)c1ccc2nc(CC(C)C)c(CN)c(-c3ccccc3F)c2c1. The van der Waals surface area contributed by atoms with Gasteiger partial charge in [0.15, 0.2) is 0 Å². The number of rotatable bonds is 5. The zero-order valence-electron chi connectivity index (χ0n) is 15.8. The first-order valence-corrected chi connectivity index (χ1v) is 8.95. The number of carbonyl (C=O) groups is 1. The lowest BCUT2D eigenvalue weighted by molar-refractivity contribution is 0.0601. The van der Waals surface area contributed by atoms with Crippen LogP contribution in [0.1, 0.15) is 35.5 Å². The van der Waals surface area contributed by atoms with Gasteiger partial charge in [0.2, 0.25) is 0 Å². The molecule has 0 spiro atoms. The number of fused-ring (bicyclic) bond motifs is 1. The van der Waals surface area contributed by atoms with Crippen molar-refractivity contribution in [3.05, 3.63) is 65.1 Å². The Hall–Kier alpha value is -2.79. The fourth-order valence-electron chi connectivity index (χ4n) is 3.35. The average molecular weight is 366 g/mol. The molecule has 2 aromatic carbocycles. The quantitative estimate of drug-likeness (QED) is 0.676. The van der Waals surface area contributed by atoms with Crippen LogP contribution in [0.5, 0.6) is 0 Å². The summed E-state index contributed by atoms with van der Waals surface area (Å²) in [6, 6.07) is 11.7. The summed E-state index contributed by atoms with van der Waals surface area (Å²) >= 11 is 0. The van der Waals surface area contributed by atoms with Gasteiger partial charge in [0.05, 0.1) is 18.2 Å². The molecule has 0 aliphatic heterocycles. The van der Waals surface area contributed by atoms with Crippen molar-refractivity contribution in [2.45, 2.75) is 26.8 Å². The highest BCUT2D eigenvalue weighted by atomic mass is 19.1. The number of nitrogens with two attached hydrogens (primary N) is 1. The van der Waals surface area contributed by atoms with Gasteiger partial charge in [-0.2, -0.15) is 0 Å². The summed E-state index contributed by atoms with van der Waals surface area (Å²) < 4.78 is 19.5. The fourth-order valence-corrected chi connectivity index (χ4v) is 3.35. The summed E-state index contributed by atoms with van der Waals surface area (Å²) in [5.41, 5.74) is 10.00. The summed E-state index contributed by atoms with van der Waals surface area (Å²) in [7, 11) is 1.33. The van der Waals surface area contributed by atoms with Crippen LogP contribution in [-0.4, -0.2) is 18.1 Å². The van der Waals surface area contributed by atoms with Crippen LogP contribution in [0.4, 0.5) is 4.39 Å². The van der Waals surface area contributed by atoms with E-state index in [-0.39, 0.29) is 12.4 Å². The molecule has 0 radical (unpaired) electrons. The van der Waals surface area contributed by atoms with E-state index >= 15 is 0 Å². The number of nitrogens with zero attached hydrogens (tertiary/aromatic N) is 1. The molecule has 0 bridgehead atoms. The number of aromatic nitrogens is 1. The second-order valence-electron chi connectivity index (χ2n) is 6.92. The molecule has 27 heavy (non-hydrogen) atoms. The second-order valence-corrected chi connectivity index (χ2v) is 6.92. The third-order valence-electron chi connectivity index (χ3n) is 4.54. The maximum atomic E-state index is 14.7. The minimum atomic E-state index is -0.447. The monoisotopic (exact) mass is 366 g/mol. The van der Waals surface area contributed by atoms with Crippen LogP contribution in [0, 0.1) is 11.7 Å². The zero-order chi connectivity index (χ0) is 19.6. The fraction of sp³-hybridized carbons (Fsp3) is 0.273. The molecule has 1 aromatic heterocycles. The summed E-state index contributed by atoms with van der Waals surface area (Å²) in [5.74, 6) is -0.404. The third-order valence-corrected chi connectivity index (χ3v) is 4.54. The highest BCUT2D eigenvalue weighted by molar-refractivity contribution is 6.01. The van der Waals surface area contributed by atoms with Gasteiger partial charge in [-0.25, -0.2) is 9.18 Å². The minimum absolute atomic E-state index is 0.233. The molecule has 1 heterocycles. The number of methoxy groups -OCH3 is 1. The predicted octanol–water partition coefficient (Wildman–Crippen LogP) is 4.48. The van der Waals surface area contributed by atoms with Crippen molar-refractivity contribution in [1.29, 1.82) is 0 Å². The molecule has 140 valence electrons. The van der Waals surface area contributed by atoms with Crippen LogP contribution in [-0.2, 0) is 17.7 Å². The molecule has 2 N–H and O–H groups in total. The van der Waals surface area contributed by atoms with Crippen LogP contribution < -0.4 is 5.73 Å². The molecular formula is C22H23FN2O2. The Balaban J connectivity index is 2.41. The molecular weight excluding hydrogens is 343 g/mol. The Bertz CT molecular complexity index is 999. The maximum Gasteiger partial charge on any atom is 0.337 e. The van der Waals surface area contributed by atoms with E-state index in [2.05, 4.69) is 13.8 Å². The van der Waals surface area contributed by atoms with Crippen LogP contribution in [0.25, 0.3) is 22.0 Å². The highest BCUT2D eigenvalue weighted by Gasteiger charge is 2.20. The number of esters is 1. The molecule has 3 rings (SSSR count). The molecule has 4 nitrogen and oxygen atoms in total. The van der Waals surface area contributed by atoms with Gasteiger partial charge in [0.1, 0.15) is 5.82 Å². The van der Waals surface area contributed by atoms with Gasteiger partial charge in [-0.05, 0) is 42.2 Å². The van der Waals surface area contributed by atoms with Crippen molar-refractivity contribution in [2.75, 3.05) is 7.11 Å². The van der Waals surface area contributed by atoms with Crippen molar-refractivity contribution < 1.29 is 13.9 Å². The standard InChI is InChI=1S/C22H23FN2O2/c1-13(2)10-20-17(12-24)21(15-6-4-5-7-18(15)23)16-11-14(22(26)27-3)8-9-19(16)25-20/h4-9,11,13H,10,12,24H2,1-3H3. The molecule has 0 saturated carbocycles. The number of carbonyl (C=O) groups excluding carboxylic acids is 1. The normalized spacial score (nSPS) is 11.2. The molecule has 0 aliphatic rings. The molecule has 0 fully saturated rings. The molecule has 0 unspecified atom stereocenters. The average Bonchev–Trinajstić information content (AvgIpc) is 2.66. The summed E-state index contributed by atoms with van der Waals surface area (Å²) in [6.07, 6.45) is 0.739. The predicted molar refractivity (Wildman–Crippen MR) is 105 cm³/mol. The van der Waals surface area contributed by atoms with E-state index in [1.807, 2.05) is 0 Å². The first-order valence-electron chi connectivity index (χ1n) is 8.95. The molecule has 5 heteroatoms. The van der Waals surface area contributed by atoms with Gasteiger partial charge >= 0.3 is 5.97 Å².